The van der Waals surface area contributed by atoms with Gasteiger partial charge in [0.2, 0.25) is 0 Å². The zero-order chi connectivity index (χ0) is 32.3. The monoisotopic (exact) mass is 751 g/mol. The van der Waals surface area contributed by atoms with E-state index in [2.05, 4.69) is 28.2 Å². The molecule has 0 saturated heterocycles. The summed E-state index contributed by atoms with van der Waals surface area (Å²) >= 11 is 0. The predicted octanol–water partition coefficient (Wildman–Crippen LogP) is 9.73. The van der Waals surface area contributed by atoms with Crippen LogP contribution in [0.3, 0.4) is 0 Å². The van der Waals surface area contributed by atoms with Crippen molar-refractivity contribution in [3.05, 3.63) is 145 Å². The molecule has 3 aromatic heterocycles. The fraction of sp³-hybridized carbons (Fsp3) is 0.103. The zero-order valence-corrected chi connectivity index (χ0v) is 26.5. The van der Waals surface area contributed by atoms with Crippen molar-refractivity contribution in [1.82, 2.24) is 9.97 Å². The molecule has 0 bridgehead atoms. The molecule has 0 fully saturated rings. The van der Waals surface area contributed by atoms with Gasteiger partial charge in [-0.2, -0.15) is 5.26 Å². The number of nitrogens with zero attached hydrogens (tertiary/aromatic N) is 3. The second-order valence-corrected chi connectivity index (χ2v) is 10.2. The maximum atomic E-state index is 9.76. The van der Waals surface area contributed by atoms with E-state index in [-0.39, 0.29) is 32.2 Å². The second-order valence-electron chi connectivity index (χ2n) is 10.2. The molecule has 4 aromatic carbocycles. The molecule has 7 rings (SSSR count). The molecule has 0 atom stereocenters. The third-order valence-corrected chi connectivity index (χ3v) is 6.84. The first kappa shape index (κ1) is 26.7. The Labute approximate surface area is 275 Å². The Morgan fingerprint density at radius 3 is 2.36 bits per heavy atom. The van der Waals surface area contributed by atoms with E-state index in [1.165, 1.54) is 6.07 Å². The van der Waals surface area contributed by atoms with E-state index in [4.69, 9.17) is 8.53 Å². The summed E-state index contributed by atoms with van der Waals surface area (Å²) in [5.74, 6) is -0.272. The molecule has 217 valence electrons. The Kier molecular flexibility index (Phi) is 8.54. The van der Waals surface area contributed by atoms with Crippen LogP contribution in [0.5, 0.6) is 0 Å². The summed E-state index contributed by atoms with van der Waals surface area (Å²) in [5, 5.41) is 11.5. The summed E-state index contributed by atoms with van der Waals surface area (Å²) in [6.45, 7) is 3.63. The largest absolute Gasteiger partial charge is 0.500 e. The summed E-state index contributed by atoms with van der Waals surface area (Å²) in [6.07, 6.45) is 0.156. The molecule has 1 radical (unpaired) electrons. The number of hydrogen-bond acceptors (Lipinski definition) is 4. The van der Waals surface area contributed by atoms with Gasteiger partial charge in [0.05, 0.1) is 18.6 Å². The van der Waals surface area contributed by atoms with Crippen molar-refractivity contribution in [2.75, 3.05) is 0 Å². The predicted molar refractivity (Wildman–Crippen MR) is 173 cm³/mol. The van der Waals surface area contributed by atoms with Gasteiger partial charge in [-0.3, -0.25) is 0 Å². The van der Waals surface area contributed by atoms with Gasteiger partial charge in [-0.05, 0) is 47.4 Å². The fourth-order valence-corrected chi connectivity index (χ4v) is 4.99. The molecule has 5 heteroatoms. The molecule has 0 N–H and O–H groups in total. The van der Waals surface area contributed by atoms with Crippen LogP contribution in [0.25, 0.3) is 55.6 Å². The SMILES string of the molecule is [2H]c1cc(C([2H])([2H])C(C)C)cc(-c2[c-]ccc3c2oc2c(-c4ccccc4)c(C#N)ccc23)n1.[Ir].[c-]1ccccc1-c1ccccn1. The molecule has 0 spiro atoms. The number of hydrogen-bond donors (Lipinski definition) is 0. The van der Waals surface area contributed by atoms with Gasteiger partial charge in [0, 0.05) is 46.2 Å². The summed E-state index contributed by atoms with van der Waals surface area (Å²) in [6, 6.07) is 42.4. The number of aromatic nitrogens is 2. The van der Waals surface area contributed by atoms with Crippen molar-refractivity contribution >= 4 is 21.9 Å². The summed E-state index contributed by atoms with van der Waals surface area (Å²) in [4.78, 5) is 8.59. The van der Waals surface area contributed by atoms with E-state index in [1.54, 1.807) is 24.4 Å². The van der Waals surface area contributed by atoms with Gasteiger partial charge in [-0.1, -0.05) is 85.0 Å². The third kappa shape index (κ3) is 6.53. The first-order chi connectivity index (χ1) is 22.3. The van der Waals surface area contributed by atoms with E-state index in [9.17, 15) is 5.26 Å². The van der Waals surface area contributed by atoms with Crippen LogP contribution < -0.4 is 0 Å². The van der Waals surface area contributed by atoms with Gasteiger partial charge in [-0.15, -0.1) is 54.1 Å². The molecule has 0 aliphatic carbocycles. The Morgan fingerprint density at radius 2 is 1.64 bits per heavy atom. The van der Waals surface area contributed by atoms with E-state index in [1.807, 2.05) is 98.8 Å². The van der Waals surface area contributed by atoms with Crippen molar-refractivity contribution in [2.45, 2.75) is 20.2 Å². The molecule has 0 amide bonds. The Balaban J connectivity index is 0.000000280. The molecule has 0 aliphatic heterocycles. The van der Waals surface area contributed by atoms with Crippen molar-refractivity contribution in [2.24, 2.45) is 5.92 Å². The van der Waals surface area contributed by atoms with Crippen molar-refractivity contribution < 1.29 is 28.6 Å². The molecule has 3 heterocycles. The molecule has 0 unspecified atom stereocenters. The number of nitriles is 1. The van der Waals surface area contributed by atoms with Crippen LogP contribution in [-0.4, -0.2) is 9.97 Å². The fourth-order valence-electron chi connectivity index (χ4n) is 4.99. The number of furan rings is 1. The van der Waals surface area contributed by atoms with Crippen LogP contribution >= 0.6 is 0 Å². The Bertz CT molecular complexity index is 2140. The molecule has 0 saturated carbocycles. The Morgan fingerprint density at radius 1 is 0.841 bits per heavy atom. The van der Waals surface area contributed by atoms with E-state index >= 15 is 0 Å². The van der Waals surface area contributed by atoms with Crippen LogP contribution in [0.4, 0.5) is 0 Å². The maximum Gasteiger partial charge on any atom is 0.130 e. The quantitative estimate of drug-likeness (QED) is 0.165. The van der Waals surface area contributed by atoms with Crippen molar-refractivity contribution in [3.8, 4) is 39.7 Å². The maximum absolute atomic E-state index is 9.76. The van der Waals surface area contributed by atoms with Gasteiger partial charge >= 0.3 is 0 Å². The van der Waals surface area contributed by atoms with Crippen LogP contribution in [0, 0.1) is 29.4 Å². The topological polar surface area (TPSA) is 62.7 Å². The van der Waals surface area contributed by atoms with E-state index in [0.29, 0.717) is 33.6 Å². The molecule has 7 aromatic rings. The average molecular weight is 751 g/mol. The van der Waals surface area contributed by atoms with Crippen LogP contribution in [0.2, 0.25) is 0 Å². The van der Waals surface area contributed by atoms with Crippen LogP contribution in [0.15, 0.2) is 126 Å². The first-order valence-corrected chi connectivity index (χ1v) is 14.0. The number of benzene rings is 4. The van der Waals surface area contributed by atoms with Crippen LogP contribution in [-0.2, 0) is 26.5 Å². The minimum Gasteiger partial charge on any atom is -0.500 e. The van der Waals surface area contributed by atoms with Gasteiger partial charge in [-0.25, -0.2) is 0 Å². The van der Waals surface area contributed by atoms with Gasteiger partial charge in [0.15, 0.2) is 0 Å². The third-order valence-electron chi connectivity index (χ3n) is 6.84. The average Bonchev–Trinajstić information content (AvgIpc) is 3.48. The number of pyridine rings is 2. The van der Waals surface area contributed by atoms with Crippen molar-refractivity contribution in [3.63, 3.8) is 0 Å². The minimum atomic E-state index is -1.61. The summed E-state index contributed by atoms with van der Waals surface area (Å²) in [5.41, 5.74) is 6.66. The van der Waals surface area contributed by atoms with Gasteiger partial charge in [0.25, 0.3) is 0 Å². The number of rotatable bonds is 5. The minimum absolute atomic E-state index is 0. The zero-order valence-electron chi connectivity index (χ0n) is 27.1. The van der Waals surface area contributed by atoms with Crippen molar-refractivity contribution in [1.29, 1.82) is 5.26 Å². The van der Waals surface area contributed by atoms with Crippen LogP contribution in [0.1, 0.15) is 29.1 Å². The van der Waals surface area contributed by atoms with Gasteiger partial charge in [0.1, 0.15) is 5.58 Å². The molecule has 4 nitrogen and oxygen atoms in total. The summed E-state index contributed by atoms with van der Waals surface area (Å²) in [7, 11) is 0. The molecular formula is C39H29IrN3O-2. The van der Waals surface area contributed by atoms with Gasteiger partial charge < -0.3 is 14.4 Å². The molecule has 0 aliphatic rings. The number of fused-ring (bicyclic) bond motifs is 3. The first-order valence-electron chi connectivity index (χ1n) is 15.5. The standard InChI is InChI=1S/C28H21N2O.C11H8N.Ir/c1-18(2)15-19-13-14-30-25(16-19)24-10-6-9-22-23-12-11-21(17-29)26(28(23)31-27(22)24)20-7-4-3-5-8-20;1-2-6-10(7-3-1)11-8-4-5-9-12-11;/h3-9,11-14,16,18H,15H2,1-2H3;1-6,8-9H;/q2*-1;/i14D,15D2;;. The van der Waals surface area contributed by atoms with E-state index < -0.39 is 6.37 Å². The van der Waals surface area contributed by atoms with E-state index in [0.717, 1.165) is 33.2 Å². The molecule has 44 heavy (non-hydrogen) atoms. The second kappa shape index (κ2) is 14.1. The molecular weight excluding hydrogens is 719 g/mol. The summed E-state index contributed by atoms with van der Waals surface area (Å²) < 4.78 is 31.6. The Hall–Kier alpha value is -4.88. The smallest absolute Gasteiger partial charge is 0.130 e. The normalized spacial score (nSPS) is 11.9.